The van der Waals surface area contributed by atoms with E-state index in [4.69, 9.17) is 4.42 Å². The van der Waals surface area contributed by atoms with Crippen LogP contribution in [0.25, 0.3) is 11.6 Å². The number of anilines is 1. The minimum atomic E-state index is 0.636. The number of nitrogens with one attached hydrogen (secondary N) is 1. The van der Waals surface area contributed by atoms with E-state index in [-0.39, 0.29) is 0 Å². The van der Waals surface area contributed by atoms with Crippen LogP contribution in [0.15, 0.2) is 16.5 Å². The molecule has 4 nitrogen and oxygen atoms in total. The summed E-state index contributed by atoms with van der Waals surface area (Å²) in [5.41, 5.74) is 2.05. The van der Waals surface area contributed by atoms with Crippen molar-refractivity contribution in [1.29, 1.82) is 0 Å². The van der Waals surface area contributed by atoms with Gasteiger partial charge in [-0.3, -0.25) is 0 Å². The number of furan rings is 1. The average Bonchev–Trinajstić information content (AvgIpc) is 2.71. The van der Waals surface area contributed by atoms with Crippen LogP contribution in [0.4, 0.5) is 5.82 Å². The second kappa shape index (κ2) is 4.57. The van der Waals surface area contributed by atoms with Crippen LogP contribution in [-0.2, 0) is 0 Å². The summed E-state index contributed by atoms with van der Waals surface area (Å²) in [6.07, 6.45) is 0. The highest BCUT2D eigenvalue weighted by Crippen LogP contribution is 2.23. The van der Waals surface area contributed by atoms with E-state index in [0.717, 1.165) is 29.4 Å². The lowest BCUT2D eigenvalue weighted by atomic mass is 10.2. The van der Waals surface area contributed by atoms with Crippen molar-refractivity contribution in [2.75, 3.05) is 11.9 Å². The van der Waals surface area contributed by atoms with Gasteiger partial charge in [-0.05, 0) is 39.8 Å². The van der Waals surface area contributed by atoms with Crippen molar-refractivity contribution in [1.82, 2.24) is 9.97 Å². The van der Waals surface area contributed by atoms with Gasteiger partial charge in [0.25, 0.3) is 0 Å². The minimum absolute atomic E-state index is 0.636. The fourth-order valence-corrected chi connectivity index (χ4v) is 1.63. The van der Waals surface area contributed by atoms with Gasteiger partial charge in [-0.2, -0.15) is 0 Å². The van der Waals surface area contributed by atoms with Gasteiger partial charge in [0.05, 0.1) is 0 Å². The average molecular weight is 231 g/mol. The van der Waals surface area contributed by atoms with Crippen molar-refractivity contribution in [3.63, 3.8) is 0 Å². The summed E-state index contributed by atoms with van der Waals surface area (Å²) in [5.74, 6) is 3.10. The lowest BCUT2D eigenvalue weighted by Gasteiger charge is -2.09. The zero-order chi connectivity index (χ0) is 12.4. The van der Waals surface area contributed by atoms with Gasteiger partial charge < -0.3 is 9.73 Å². The molecule has 0 saturated heterocycles. The summed E-state index contributed by atoms with van der Waals surface area (Å²) >= 11 is 0. The van der Waals surface area contributed by atoms with Gasteiger partial charge in [0.2, 0.25) is 0 Å². The first-order chi connectivity index (χ1) is 8.11. The van der Waals surface area contributed by atoms with Crippen molar-refractivity contribution in [3.8, 4) is 11.6 Å². The third-order valence-electron chi connectivity index (χ3n) is 2.69. The van der Waals surface area contributed by atoms with Crippen molar-refractivity contribution < 1.29 is 4.42 Å². The Hall–Kier alpha value is -1.84. The first-order valence-corrected chi connectivity index (χ1v) is 5.77. The molecule has 0 aliphatic carbocycles. The molecule has 0 amide bonds. The van der Waals surface area contributed by atoms with Crippen LogP contribution in [0.5, 0.6) is 0 Å². The fourth-order valence-electron chi connectivity index (χ4n) is 1.63. The molecule has 0 saturated carbocycles. The van der Waals surface area contributed by atoms with Gasteiger partial charge in [0.15, 0.2) is 11.6 Å². The second-order valence-corrected chi connectivity index (χ2v) is 4.05. The van der Waals surface area contributed by atoms with E-state index in [9.17, 15) is 0 Å². The molecule has 0 bridgehead atoms. The summed E-state index contributed by atoms with van der Waals surface area (Å²) in [4.78, 5) is 8.94. The molecule has 90 valence electrons. The predicted octanol–water partition coefficient (Wildman–Crippen LogP) is 3.09. The summed E-state index contributed by atoms with van der Waals surface area (Å²) in [6, 6.07) is 3.82. The summed E-state index contributed by atoms with van der Waals surface area (Å²) in [7, 11) is 0. The Morgan fingerprint density at radius 1 is 1.18 bits per heavy atom. The van der Waals surface area contributed by atoms with Gasteiger partial charge >= 0.3 is 0 Å². The highest BCUT2D eigenvalue weighted by Gasteiger charge is 2.11. The molecular formula is C13H17N3O. The van der Waals surface area contributed by atoms with E-state index >= 15 is 0 Å². The maximum absolute atomic E-state index is 5.54. The van der Waals surface area contributed by atoms with Crippen LogP contribution < -0.4 is 5.32 Å². The molecular weight excluding hydrogens is 214 g/mol. The standard InChI is InChI=1S/C13H17N3O/c1-5-14-12-9(3)10(4)15-13(16-12)11-7-6-8(2)17-11/h6-7H,5H2,1-4H3,(H,14,15,16). The largest absolute Gasteiger partial charge is 0.458 e. The van der Waals surface area contributed by atoms with Gasteiger partial charge in [-0.15, -0.1) is 0 Å². The number of aryl methyl sites for hydroxylation is 2. The lowest BCUT2D eigenvalue weighted by Crippen LogP contribution is -2.05. The molecule has 0 spiro atoms. The van der Waals surface area contributed by atoms with E-state index in [1.54, 1.807) is 0 Å². The molecule has 0 aromatic carbocycles. The summed E-state index contributed by atoms with van der Waals surface area (Å²) in [5, 5.41) is 3.24. The highest BCUT2D eigenvalue weighted by atomic mass is 16.3. The van der Waals surface area contributed by atoms with Gasteiger partial charge in [-0.25, -0.2) is 9.97 Å². The first-order valence-electron chi connectivity index (χ1n) is 5.77. The molecule has 2 aromatic rings. The number of nitrogens with zero attached hydrogens (tertiary/aromatic N) is 2. The maximum atomic E-state index is 5.54. The predicted molar refractivity (Wildman–Crippen MR) is 68.1 cm³/mol. The van der Waals surface area contributed by atoms with Crippen LogP contribution in [0, 0.1) is 20.8 Å². The van der Waals surface area contributed by atoms with E-state index in [2.05, 4.69) is 15.3 Å². The zero-order valence-electron chi connectivity index (χ0n) is 10.7. The molecule has 0 aliphatic rings. The third kappa shape index (κ3) is 2.30. The topological polar surface area (TPSA) is 51.0 Å². The summed E-state index contributed by atoms with van der Waals surface area (Å²) in [6.45, 7) is 8.80. The normalized spacial score (nSPS) is 10.6. The van der Waals surface area contributed by atoms with Gasteiger partial charge in [-0.1, -0.05) is 0 Å². The Morgan fingerprint density at radius 3 is 2.53 bits per heavy atom. The number of rotatable bonds is 3. The van der Waals surface area contributed by atoms with E-state index < -0.39 is 0 Å². The molecule has 17 heavy (non-hydrogen) atoms. The zero-order valence-corrected chi connectivity index (χ0v) is 10.7. The number of hydrogen-bond acceptors (Lipinski definition) is 4. The van der Waals surface area contributed by atoms with Gasteiger partial charge in [0.1, 0.15) is 11.6 Å². The molecule has 1 N–H and O–H groups in total. The fraction of sp³-hybridized carbons (Fsp3) is 0.385. The minimum Gasteiger partial charge on any atom is -0.458 e. The van der Waals surface area contributed by atoms with Crippen molar-refractivity contribution >= 4 is 5.82 Å². The number of aromatic nitrogens is 2. The lowest BCUT2D eigenvalue weighted by molar-refractivity contribution is 0.544. The monoisotopic (exact) mass is 231 g/mol. The Labute approximate surface area is 101 Å². The summed E-state index contributed by atoms with van der Waals surface area (Å²) < 4.78 is 5.54. The first kappa shape index (κ1) is 11.6. The van der Waals surface area contributed by atoms with E-state index in [1.807, 2.05) is 39.8 Å². The molecule has 0 aliphatic heterocycles. The molecule has 2 heterocycles. The van der Waals surface area contributed by atoms with E-state index in [1.165, 1.54) is 0 Å². The SMILES string of the molecule is CCNc1nc(-c2ccc(C)o2)nc(C)c1C. The van der Waals surface area contributed by atoms with Crippen LogP contribution in [0.2, 0.25) is 0 Å². The van der Waals surface area contributed by atoms with Crippen molar-refractivity contribution in [2.24, 2.45) is 0 Å². The van der Waals surface area contributed by atoms with Crippen LogP contribution in [0.3, 0.4) is 0 Å². The highest BCUT2D eigenvalue weighted by molar-refractivity contribution is 5.55. The smallest absolute Gasteiger partial charge is 0.197 e. The van der Waals surface area contributed by atoms with Crippen molar-refractivity contribution in [3.05, 3.63) is 29.2 Å². The Morgan fingerprint density at radius 2 is 1.94 bits per heavy atom. The Bertz CT molecular complexity index is 531. The molecule has 0 radical (unpaired) electrons. The third-order valence-corrected chi connectivity index (χ3v) is 2.69. The Balaban J connectivity index is 2.48. The van der Waals surface area contributed by atoms with Gasteiger partial charge in [0, 0.05) is 17.8 Å². The van der Waals surface area contributed by atoms with Crippen molar-refractivity contribution in [2.45, 2.75) is 27.7 Å². The van der Waals surface area contributed by atoms with Crippen LogP contribution in [0.1, 0.15) is 23.9 Å². The Kier molecular flexibility index (Phi) is 3.13. The van der Waals surface area contributed by atoms with E-state index in [0.29, 0.717) is 11.6 Å². The molecule has 0 unspecified atom stereocenters. The maximum Gasteiger partial charge on any atom is 0.197 e. The molecule has 2 aromatic heterocycles. The second-order valence-electron chi connectivity index (χ2n) is 4.05. The van der Waals surface area contributed by atoms with Crippen LogP contribution in [-0.4, -0.2) is 16.5 Å². The quantitative estimate of drug-likeness (QED) is 0.881. The molecule has 0 atom stereocenters. The number of hydrogen-bond donors (Lipinski definition) is 1. The molecule has 2 rings (SSSR count). The molecule has 0 fully saturated rings. The molecule has 4 heteroatoms. The van der Waals surface area contributed by atoms with Crippen LogP contribution >= 0.6 is 0 Å².